The molecular weight excluding hydrogens is 290 g/mol. The highest BCUT2D eigenvalue weighted by Gasteiger charge is 2.24. The normalized spacial score (nSPS) is 16.5. The van der Waals surface area contributed by atoms with Gasteiger partial charge in [-0.2, -0.15) is 0 Å². The molecule has 0 aromatic heterocycles. The Balaban J connectivity index is 1.88. The van der Waals surface area contributed by atoms with Crippen molar-refractivity contribution >= 4 is 5.78 Å². The Morgan fingerprint density at radius 2 is 1.83 bits per heavy atom. The first-order chi connectivity index (χ1) is 11.2. The van der Waals surface area contributed by atoms with E-state index in [0.717, 1.165) is 29.8 Å². The monoisotopic (exact) mass is 311 g/mol. The molecule has 0 amide bonds. The summed E-state index contributed by atoms with van der Waals surface area (Å²) in [5.41, 5.74) is 3.09. The lowest BCUT2D eigenvalue weighted by Gasteiger charge is -2.27. The third kappa shape index (κ3) is 3.22. The number of carbonyl (C=O) groups is 1. The van der Waals surface area contributed by atoms with Gasteiger partial charge in [-0.25, -0.2) is 0 Å². The second-order valence-corrected chi connectivity index (χ2v) is 5.66. The van der Waals surface area contributed by atoms with Gasteiger partial charge in [-0.3, -0.25) is 4.79 Å². The molecule has 0 fully saturated rings. The van der Waals surface area contributed by atoms with E-state index in [0.29, 0.717) is 12.2 Å². The molecule has 4 heteroatoms. The Bertz CT molecular complexity index is 697. The Labute approximate surface area is 136 Å². The van der Waals surface area contributed by atoms with Crippen molar-refractivity contribution in [1.29, 1.82) is 0 Å². The van der Waals surface area contributed by atoms with E-state index in [1.165, 1.54) is 5.56 Å². The van der Waals surface area contributed by atoms with Crippen LogP contribution in [-0.2, 0) is 6.42 Å². The summed E-state index contributed by atoms with van der Waals surface area (Å²) in [5, 5.41) is 3.45. The number of ketones is 1. The van der Waals surface area contributed by atoms with Gasteiger partial charge in [-0.15, -0.1) is 0 Å². The summed E-state index contributed by atoms with van der Waals surface area (Å²) >= 11 is 0. The minimum Gasteiger partial charge on any atom is -0.493 e. The van der Waals surface area contributed by atoms with Crippen LogP contribution in [0.5, 0.6) is 11.5 Å². The first kappa shape index (κ1) is 15.6. The van der Waals surface area contributed by atoms with E-state index in [1.54, 1.807) is 14.2 Å². The van der Waals surface area contributed by atoms with Gasteiger partial charge in [0.15, 0.2) is 17.3 Å². The zero-order valence-electron chi connectivity index (χ0n) is 13.5. The molecule has 0 spiro atoms. The molecule has 2 aromatic rings. The van der Waals surface area contributed by atoms with Gasteiger partial charge in [-0.05, 0) is 36.2 Å². The third-order valence-electron chi connectivity index (χ3n) is 4.29. The molecule has 1 atom stereocenters. The van der Waals surface area contributed by atoms with Crippen LogP contribution >= 0.6 is 0 Å². The summed E-state index contributed by atoms with van der Waals surface area (Å²) in [4.78, 5) is 12.5. The Morgan fingerprint density at radius 1 is 1.13 bits per heavy atom. The topological polar surface area (TPSA) is 47.6 Å². The van der Waals surface area contributed by atoms with Gasteiger partial charge in [-0.1, -0.05) is 30.3 Å². The summed E-state index contributed by atoms with van der Waals surface area (Å²) in [5.74, 6) is 1.58. The minimum absolute atomic E-state index is 0.00580. The van der Waals surface area contributed by atoms with Crippen LogP contribution in [0.1, 0.15) is 33.9 Å². The largest absolute Gasteiger partial charge is 0.493 e. The molecule has 0 unspecified atom stereocenters. The van der Waals surface area contributed by atoms with Crippen LogP contribution in [-0.4, -0.2) is 26.5 Å². The summed E-state index contributed by atoms with van der Waals surface area (Å²) in [6, 6.07) is 13.4. The second kappa shape index (κ2) is 6.84. The summed E-state index contributed by atoms with van der Waals surface area (Å²) < 4.78 is 10.8. The van der Waals surface area contributed by atoms with Crippen LogP contribution in [0.3, 0.4) is 0 Å². The summed E-state index contributed by atoms with van der Waals surface area (Å²) in [7, 11) is 3.27. The Morgan fingerprint density at radius 3 is 2.52 bits per heavy atom. The number of methoxy groups -OCH3 is 2. The van der Waals surface area contributed by atoms with E-state index in [9.17, 15) is 4.79 Å². The molecule has 0 saturated carbocycles. The number of fused-ring (bicyclic) bond motifs is 1. The molecule has 120 valence electrons. The first-order valence-electron chi connectivity index (χ1n) is 7.79. The summed E-state index contributed by atoms with van der Waals surface area (Å²) in [6.45, 7) is 0.856. The van der Waals surface area contributed by atoms with E-state index in [-0.39, 0.29) is 11.8 Å². The fourth-order valence-corrected chi connectivity index (χ4v) is 3.08. The minimum atomic E-state index is 0.00580. The number of hydrogen-bond donors (Lipinski definition) is 1. The first-order valence-corrected chi connectivity index (χ1v) is 7.79. The molecule has 1 N–H and O–H groups in total. The molecule has 0 radical (unpaired) electrons. The smallest absolute Gasteiger partial charge is 0.164 e. The molecule has 4 nitrogen and oxygen atoms in total. The highest BCUT2D eigenvalue weighted by molar-refractivity contribution is 5.96. The fraction of sp³-hybridized carbons (Fsp3) is 0.316. The van der Waals surface area contributed by atoms with E-state index < -0.39 is 0 Å². The van der Waals surface area contributed by atoms with Crippen LogP contribution in [0.15, 0.2) is 42.5 Å². The van der Waals surface area contributed by atoms with Gasteiger partial charge in [0.25, 0.3) is 0 Å². The van der Waals surface area contributed by atoms with Crippen molar-refractivity contribution in [2.24, 2.45) is 0 Å². The van der Waals surface area contributed by atoms with Gasteiger partial charge in [0.1, 0.15) is 0 Å². The lowest BCUT2D eigenvalue weighted by atomic mass is 9.89. The third-order valence-corrected chi connectivity index (χ3v) is 4.29. The lowest BCUT2D eigenvalue weighted by Crippen LogP contribution is -2.31. The molecule has 23 heavy (non-hydrogen) atoms. The summed E-state index contributed by atoms with van der Waals surface area (Å²) in [6.07, 6.45) is 1.36. The molecule has 1 aliphatic heterocycles. The lowest BCUT2D eigenvalue weighted by molar-refractivity contribution is 0.0967. The number of benzene rings is 2. The molecule has 0 bridgehead atoms. The molecule has 1 heterocycles. The molecule has 3 rings (SSSR count). The van der Waals surface area contributed by atoms with Crippen LogP contribution in [0.4, 0.5) is 0 Å². The Hall–Kier alpha value is -2.33. The predicted octanol–water partition coefficient (Wildman–Crippen LogP) is 3.16. The van der Waals surface area contributed by atoms with E-state index in [2.05, 4.69) is 5.32 Å². The van der Waals surface area contributed by atoms with E-state index in [1.807, 2.05) is 42.5 Å². The number of nitrogens with one attached hydrogen (secondary N) is 1. The number of hydrogen-bond acceptors (Lipinski definition) is 4. The van der Waals surface area contributed by atoms with Crippen molar-refractivity contribution in [3.05, 3.63) is 59.2 Å². The van der Waals surface area contributed by atoms with Crippen molar-refractivity contribution in [3.63, 3.8) is 0 Å². The van der Waals surface area contributed by atoms with Crippen molar-refractivity contribution in [2.45, 2.75) is 18.9 Å². The van der Waals surface area contributed by atoms with Gasteiger partial charge < -0.3 is 14.8 Å². The molecule has 0 aliphatic carbocycles. The van der Waals surface area contributed by atoms with Crippen molar-refractivity contribution in [2.75, 3.05) is 20.8 Å². The fourth-order valence-electron chi connectivity index (χ4n) is 3.08. The molecular formula is C19H21NO3. The van der Waals surface area contributed by atoms with Crippen LogP contribution in [0.25, 0.3) is 0 Å². The average Bonchev–Trinajstić information content (AvgIpc) is 2.61. The van der Waals surface area contributed by atoms with Gasteiger partial charge in [0, 0.05) is 18.0 Å². The predicted molar refractivity (Wildman–Crippen MR) is 89.4 cm³/mol. The zero-order chi connectivity index (χ0) is 16.2. The maximum absolute atomic E-state index is 12.5. The van der Waals surface area contributed by atoms with Crippen LogP contribution in [0, 0.1) is 0 Å². The van der Waals surface area contributed by atoms with E-state index >= 15 is 0 Å². The molecule has 1 aliphatic rings. The van der Waals surface area contributed by atoms with Crippen molar-refractivity contribution in [3.8, 4) is 11.5 Å². The highest BCUT2D eigenvalue weighted by atomic mass is 16.5. The number of rotatable bonds is 5. The maximum Gasteiger partial charge on any atom is 0.164 e. The van der Waals surface area contributed by atoms with Gasteiger partial charge in [0.05, 0.1) is 14.2 Å². The van der Waals surface area contributed by atoms with Crippen molar-refractivity contribution in [1.82, 2.24) is 5.32 Å². The van der Waals surface area contributed by atoms with Gasteiger partial charge in [0.2, 0.25) is 0 Å². The molecule has 2 aromatic carbocycles. The molecule has 0 saturated heterocycles. The SMILES string of the molecule is COc1cc2c(cc1OC)[C@@H](CC(=O)c1ccccc1)NCC2. The van der Waals surface area contributed by atoms with Gasteiger partial charge >= 0.3 is 0 Å². The van der Waals surface area contributed by atoms with Crippen molar-refractivity contribution < 1.29 is 14.3 Å². The number of ether oxygens (including phenoxy) is 2. The van der Waals surface area contributed by atoms with Crippen LogP contribution < -0.4 is 14.8 Å². The Kier molecular flexibility index (Phi) is 4.63. The second-order valence-electron chi connectivity index (χ2n) is 5.66. The zero-order valence-corrected chi connectivity index (χ0v) is 13.5. The standard InChI is InChI=1S/C19H21NO3/c1-22-18-10-14-8-9-20-16(15(14)11-19(18)23-2)12-17(21)13-6-4-3-5-7-13/h3-7,10-11,16,20H,8-9,12H2,1-2H3/t16-/m1/s1. The van der Waals surface area contributed by atoms with E-state index in [4.69, 9.17) is 9.47 Å². The number of carbonyl (C=O) groups excluding carboxylic acids is 1. The quantitative estimate of drug-likeness (QED) is 0.862. The highest BCUT2D eigenvalue weighted by Crippen LogP contribution is 2.36. The average molecular weight is 311 g/mol. The number of Topliss-reactive ketones (excluding diaryl/α,β-unsaturated/α-hetero) is 1. The maximum atomic E-state index is 12.5. The van der Waals surface area contributed by atoms with Crippen LogP contribution in [0.2, 0.25) is 0 Å².